The second-order valence-corrected chi connectivity index (χ2v) is 9.28. The average Bonchev–Trinajstić information content (AvgIpc) is 2.77. The number of anilines is 2. The van der Waals surface area contributed by atoms with E-state index in [-0.39, 0.29) is 42.2 Å². The summed E-state index contributed by atoms with van der Waals surface area (Å²) in [5.41, 5.74) is 7.09. The molecule has 0 aliphatic carbocycles. The van der Waals surface area contributed by atoms with Crippen molar-refractivity contribution in [3.63, 3.8) is 0 Å². The Morgan fingerprint density at radius 2 is 1.94 bits per heavy atom. The lowest BCUT2D eigenvalue weighted by Crippen LogP contribution is -2.45. The van der Waals surface area contributed by atoms with E-state index in [0.717, 1.165) is 24.0 Å². The van der Waals surface area contributed by atoms with Gasteiger partial charge in [-0.25, -0.2) is 4.79 Å². The number of carbonyl (C=O) groups excluding carboxylic acids is 2. The molecule has 2 heterocycles. The number of carbonyl (C=O) groups is 2. The lowest BCUT2D eigenvalue weighted by Gasteiger charge is -2.37. The van der Waals surface area contributed by atoms with E-state index in [9.17, 15) is 19.2 Å². The fourth-order valence-corrected chi connectivity index (χ4v) is 4.58. The van der Waals surface area contributed by atoms with E-state index in [0.29, 0.717) is 19.5 Å². The quantitative estimate of drug-likeness (QED) is 0.615. The maximum absolute atomic E-state index is 13.7. The van der Waals surface area contributed by atoms with Gasteiger partial charge in [0.15, 0.2) is 5.69 Å². The number of fused-ring (bicyclic) bond motifs is 1. The molecule has 1 aromatic carbocycles. The van der Waals surface area contributed by atoms with Gasteiger partial charge in [0.05, 0.1) is 12.5 Å². The Hall–Kier alpha value is -3.36. The van der Waals surface area contributed by atoms with E-state index < -0.39 is 17.3 Å². The number of nitrogens with zero attached hydrogens (tertiary/aromatic N) is 3. The van der Waals surface area contributed by atoms with Crippen LogP contribution in [0.4, 0.5) is 11.5 Å². The third-order valence-corrected chi connectivity index (χ3v) is 6.25. The van der Waals surface area contributed by atoms with Crippen LogP contribution in [0, 0.1) is 5.92 Å². The number of benzene rings is 1. The van der Waals surface area contributed by atoms with E-state index in [1.807, 2.05) is 45.0 Å². The molecule has 34 heavy (non-hydrogen) atoms. The number of nitrogens with two attached hydrogens (primary N) is 1. The Bertz CT molecular complexity index is 1170. The highest BCUT2D eigenvalue weighted by atomic mass is 16.2. The van der Waals surface area contributed by atoms with E-state index >= 15 is 0 Å². The van der Waals surface area contributed by atoms with E-state index in [1.165, 1.54) is 16.4 Å². The third kappa shape index (κ3) is 5.24. The average molecular weight is 470 g/mol. The first-order valence-electron chi connectivity index (χ1n) is 11.9. The Balaban J connectivity index is 2.04. The first kappa shape index (κ1) is 25.3. The van der Waals surface area contributed by atoms with Gasteiger partial charge in [0.1, 0.15) is 5.82 Å². The normalized spacial score (nSPS) is 15.3. The van der Waals surface area contributed by atoms with Gasteiger partial charge >= 0.3 is 5.69 Å². The third-order valence-electron chi connectivity index (χ3n) is 6.25. The van der Waals surface area contributed by atoms with E-state index in [1.54, 1.807) is 4.90 Å². The molecule has 1 aromatic heterocycles. The van der Waals surface area contributed by atoms with Gasteiger partial charge in [-0.15, -0.1) is 0 Å². The van der Waals surface area contributed by atoms with Gasteiger partial charge in [-0.3, -0.25) is 23.9 Å². The van der Waals surface area contributed by atoms with Crippen LogP contribution in [0.5, 0.6) is 0 Å². The summed E-state index contributed by atoms with van der Waals surface area (Å²) >= 11 is 0. The van der Waals surface area contributed by atoms with E-state index in [2.05, 4.69) is 4.98 Å². The molecule has 1 atom stereocenters. The van der Waals surface area contributed by atoms with Crippen molar-refractivity contribution in [1.82, 2.24) is 14.5 Å². The van der Waals surface area contributed by atoms with Crippen LogP contribution < -0.4 is 21.9 Å². The van der Waals surface area contributed by atoms with Crippen molar-refractivity contribution in [2.45, 2.75) is 66.0 Å². The number of aromatic nitrogens is 2. The van der Waals surface area contributed by atoms with Crippen LogP contribution in [0.15, 0.2) is 33.9 Å². The molecular formula is C25H35N5O4. The minimum absolute atomic E-state index is 0.00660. The van der Waals surface area contributed by atoms with Crippen molar-refractivity contribution in [3.05, 3.63) is 56.2 Å². The van der Waals surface area contributed by atoms with Gasteiger partial charge in [-0.1, -0.05) is 51.5 Å². The van der Waals surface area contributed by atoms with Gasteiger partial charge < -0.3 is 15.5 Å². The van der Waals surface area contributed by atoms with Gasteiger partial charge in [0.2, 0.25) is 11.8 Å². The summed E-state index contributed by atoms with van der Waals surface area (Å²) in [6.07, 6.45) is 2.29. The molecule has 2 amide bonds. The molecule has 1 aliphatic heterocycles. The van der Waals surface area contributed by atoms with Crippen LogP contribution in [0.1, 0.15) is 64.1 Å². The predicted molar refractivity (Wildman–Crippen MR) is 133 cm³/mol. The predicted octanol–water partition coefficient (Wildman–Crippen LogP) is 2.44. The van der Waals surface area contributed by atoms with Gasteiger partial charge in [0.25, 0.3) is 5.56 Å². The number of hydrogen-bond donors (Lipinski definition) is 2. The van der Waals surface area contributed by atoms with Gasteiger partial charge in [0, 0.05) is 26.6 Å². The van der Waals surface area contributed by atoms with Crippen molar-refractivity contribution in [2.24, 2.45) is 5.92 Å². The molecular weight excluding hydrogens is 434 g/mol. The number of nitrogen functional groups attached to an aromatic ring is 1. The molecule has 2 aromatic rings. The lowest BCUT2D eigenvalue weighted by molar-refractivity contribution is -0.133. The standard InChI is InChI=1S/C25H35N5O4/c1-5-6-12-29-23(26)22(24(33)27-25(29)34)30(15-16(2)3)21(32)14-20-19-10-8-7-9-18(19)11-13-28(20)17(4)31/h7-10,16,20H,5-6,11-15,26H2,1-4H3,(H,27,33,34). The molecule has 0 spiro atoms. The number of aromatic amines is 1. The van der Waals surface area contributed by atoms with E-state index in [4.69, 9.17) is 5.73 Å². The fourth-order valence-electron chi connectivity index (χ4n) is 4.58. The molecule has 0 bridgehead atoms. The minimum Gasteiger partial charge on any atom is -0.383 e. The Morgan fingerprint density at radius 3 is 2.59 bits per heavy atom. The molecule has 3 N–H and O–H groups in total. The molecule has 9 heteroatoms. The second kappa shape index (κ2) is 10.7. The van der Waals surface area contributed by atoms with Crippen LogP contribution in [-0.2, 0) is 22.6 Å². The second-order valence-electron chi connectivity index (χ2n) is 9.28. The Morgan fingerprint density at radius 1 is 1.24 bits per heavy atom. The van der Waals surface area contributed by atoms with Crippen molar-refractivity contribution < 1.29 is 9.59 Å². The summed E-state index contributed by atoms with van der Waals surface area (Å²) in [4.78, 5) is 56.8. The summed E-state index contributed by atoms with van der Waals surface area (Å²) < 4.78 is 1.32. The number of hydrogen-bond acceptors (Lipinski definition) is 5. The molecule has 9 nitrogen and oxygen atoms in total. The summed E-state index contributed by atoms with van der Waals surface area (Å²) in [5.74, 6) is -0.391. The maximum atomic E-state index is 13.7. The zero-order chi connectivity index (χ0) is 25.0. The zero-order valence-corrected chi connectivity index (χ0v) is 20.5. The highest BCUT2D eigenvalue weighted by molar-refractivity contribution is 5.96. The van der Waals surface area contributed by atoms with Crippen LogP contribution in [-0.4, -0.2) is 39.4 Å². The summed E-state index contributed by atoms with van der Waals surface area (Å²) in [6.45, 7) is 8.51. The zero-order valence-electron chi connectivity index (χ0n) is 20.5. The number of rotatable bonds is 8. The van der Waals surface area contributed by atoms with Crippen molar-refractivity contribution >= 4 is 23.3 Å². The molecule has 0 saturated heterocycles. The number of amides is 2. The monoisotopic (exact) mass is 469 g/mol. The number of unbranched alkanes of at least 4 members (excludes halogenated alkanes) is 1. The molecule has 0 fully saturated rings. The molecule has 0 saturated carbocycles. The molecule has 0 radical (unpaired) electrons. The SMILES string of the molecule is CCCCn1c(N)c(N(CC(C)C)C(=O)CC2c3ccccc3CCN2C(C)=O)c(=O)[nH]c1=O. The summed E-state index contributed by atoms with van der Waals surface area (Å²) in [6, 6.07) is 7.38. The Labute approximate surface area is 199 Å². The first-order valence-corrected chi connectivity index (χ1v) is 11.9. The maximum Gasteiger partial charge on any atom is 0.330 e. The first-order chi connectivity index (χ1) is 16.1. The summed E-state index contributed by atoms with van der Waals surface area (Å²) in [7, 11) is 0. The fraction of sp³-hybridized carbons (Fsp3) is 0.520. The molecule has 1 aliphatic rings. The largest absolute Gasteiger partial charge is 0.383 e. The van der Waals surface area contributed by atoms with Crippen molar-refractivity contribution in [3.8, 4) is 0 Å². The summed E-state index contributed by atoms with van der Waals surface area (Å²) in [5, 5.41) is 0. The van der Waals surface area contributed by atoms with Crippen LogP contribution in [0.25, 0.3) is 0 Å². The van der Waals surface area contributed by atoms with Crippen LogP contribution >= 0.6 is 0 Å². The smallest absolute Gasteiger partial charge is 0.330 e. The topological polar surface area (TPSA) is 121 Å². The Kier molecular flexibility index (Phi) is 7.96. The molecule has 184 valence electrons. The van der Waals surface area contributed by atoms with Crippen molar-refractivity contribution in [2.75, 3.05) is 23.7 Å². The van der Waals surface area contributed by atoms with Gasteiger partial charge in [-0.2, -0.15) is 0 Å². The minimum atomic E-state index is -0.684. The van der Waals surface area contributed by atoms with Crippen LogP contribution in [0.2, 0.25) is 0 Å². The highest BCUT2D eigenvalue weighted by Gasteiger charge is 2.34. The number of H-pyrrole nitrogens is 1. The van der Waals surface area contributed by atoms with Crippen LogP contribution in [0.3, 0.4) is 0 Å². The van der Waals surface area contributed by atoms with Gasteiger partial charge in [-0.05, 0) is 29.9 Å². The van der Waals surface area contributed by atoms with Crippen molar-refractivity contribution in [1.29, 1.82) is 0 Å². The number of nitrogens with one attached hydrogen (secondary N) is 1. The molecule has 3 rings (SSSR count). The lowest BCUT2D eigenvalue weighted by atomic mass is 9.90. The molecule has 1 unspecified atom stereocenters. The highest BCUT2D eigenvalue weighted by Crippen LogP contribution is 2.33.